The first kappa shape index (κ1) is 19.5. The van der Waals surface area contributed by atoms with Crippen LogP contribution in [0.2, 0.25) is 0 Å². The number of aliphatic hydroxyl groups excluding tert-OH is 1. The van der Waals surface area contributed by atoms with Crippen molar-refractivity contribution in [2.45, 2.75) is 71.1 Å². The van der Waals surface area contributed by atoms with Gasteiger partial charge in [-0.05, 0) is 83.3 Å². The molecule has 0 radical (unpaired) electrons. The molecular formula is C19H27NO4S. The summed E-state index contributed by atoms with van der Waals surface area (Å²) >= 11 is 4.88. The molecule has 2 rings (SSSR count). The Hall–Kier alpha value is -1.82. The Morgan fingerprint density at radius 3 is 2.44 bits per heavy atom. The van der Waals surface area contributed by atoms with Crippen LogP contribution in [0.5, 0.6) is 5.75 Å². The quantitative estimate of drug-likeness (QED) is 0.772. The molecule has 1 aliphatic rings. The van der Waals surface area contributed by atoms with Crippen LogP contribution >= 0.6 is 12.2 Å². The first-order chi connectivity index (χ1) is 11.6. The second kappa shape index (κ2) is 8.04. The Labute approximate surface area is 154 Å². The lowest BCUT2D eigenvalue weighted by Gasteiger charge is -2.30. The lowest BCUT2D eigenvalue weighted by Crippen LogP contribution is -2.42. The number of thiocarbonyl (C=S) groups is 1. The van der Waals surface area contributed by atoms with Gasteiger partial charge < -0.3 is 19.9 Å². The predicted octanol–water partition coefficient (Wildman–Crippen LogP) is 4.44. The van der Waals surface area contributed by atoms with Crippen LogP contribution in [0, 0.1) is 6.92 Å². The largest absolute Gasteiger partial charge is 0.498 e. The molecule has 0 aliphatic heterocycles. The molecule has 1 fully saturated rings. The number of aliphatic hydroxyl groups is 1. The number of rotatable bonds is 4. The summed E-state index contributed by atoms with van der Waals surface area (Å²) in [6.07, 6.45) is 2.98. The zero-order chi connectivity index (χ0) is 18.6. The van der Waals surface area contributed by atoms with E-state index in [1.807, 2.05) is 39.8 Å². The smallest absolute Gasteiger partial charge is 0.407 e. The summed E-state index contributed by atoms with van der Waals surface area (Å²) in [5.74, 6) is 0.621. The number of alkyl carbamates (subject to hydrolysis) is 1. The maximum Gasteiger partial charge on any atom is 0.407 e. The summed E-state index contributed by atoms with van der Waals surface area (Å²) in [6.45, 7) is 7.52. The molecule has 0 bridgehead atoms. The van der Waals surface area contributed by atoms with E-state index in [4.69, 9.17) is 21.7 Å². The van der Waals surface area contributed by atoms with E-state index in [9.17, 15) is 9.90 Å². The Morgan fingerprint density at radius 1 is 1.24 bits per heavy atom. The summed E-state index contributed by atoms with van der Waals surface area (Å²) in [6, 6.07) is 5.67. The van der Waals surface area contributed by atoms with Crippen LogP contribution in [-0.2, 0) is 4.74 Å². The Balaban J connectivity index is 1.88. The number of amides is 1. The van der Waals surface area contributed by atoms with E-state index in [0.29, 0.717) is 11.3 Å². The van der Waals surface area contributed by atoms with Gasteiger partial charge in [-0.25, -0.2) is 4.79 Å². The summed E-state index contributed by atoms with van der Waals surface area (Å²) in [7, 11) is 0. The minimum atomic E-state index is -0.491. The molecule has 0 unspecified atom stereocenters. The zero-order valence-corrected chi connectivity index (χ0v) is 16.1. The molecule has 0 atom stereocenters. The van der Waals surface area contributed by atoms with Crippen molar-refractivity contribution >= 4 is 23.4 Å². The second-order valence-corrected chi connectivity index (χ2v) is 7.93. The van der Waals surface area contributed by atoms with E-state index in [1.54, 1.807) is 6.07 Å². The molecule has 1 saturated carbocycles. The molecule has 5 nitrogen and oxygen atoms in total. The van der Waals surface area contributed by atoms with Crippen LogP contribution in [0.1, 0.15) is 57.6 Å². The third kappa shape index (κ3) is 6.20. The van der Waals surface area contributed by atoms with E-state index in [0.717, 1.165) is 31.2 Å². The van der Waals surface area contributed by atoms with Crippen molar-refractivity contribution in [3.8, 4) is 5.75 Å². The topological polar surface area (TPSA) is 67.8 Å². The van der Waals surface area contributed by atoms with Crippen LogP contribution in [-0.4, -0.2) is 34.0 Å². The number of nitrogens with one attached hydrogen (secondary N) is 1. The van der Waals surface area contributed by atoms with Crippen molar-refractivity contribution < 1.29 is 19.4 Å². The lowest BCUT2D eigenvalue weighted by atomic mass is 9.93. The van der Waals surface area contributed by atoms with Crippen molar-refractivity contribution in [1.82, 2.24) is 5.32 Å². The molecule has 0 aromatic heterocycles. The fourth-order valence-electron chi connectivity index (χ4n) is 2.88. The number of carbonyl (C=O) groups excluding carboxylic acids is 1. The first-order valence-corrected chi connectivity index (χ1v) is 9.05. The van der Waals surface area contributed by atoms with Gasteiger partial charge in [-0.2, -0.15) is 0 Å². The molecule has 1 aromatic carbocycles. The number of benzene rings is 1. The van der Waals surface area contributed by atoms with Gasteiger partial charge in [0, 0.05) is 6.04 Å². The molecule has 25 heavy (non-hydrogen) atoms. The van der Waals surface area contributed by atoms with E-state index in [2.05, 4.69) is 5.32 Å². The average Bonchev–Trinajstić information content (AvgIpc) is 2.47. The van der Waals surface area contributed by atoms with Crippen molar-refractivity contribution in [3.63, 3.8) is 0 Å². The Kier molecular flexibility index (Phi) is 6.27. The molecule has 6 heteroatoms. The molecule has 1 aliphatic carbocycles. The highest BCUT2D eigenvalue weighted by Crippen LogP contribution is 2.27. The summed E-state index contributed by atoms with van der Waals surface area (Å²) in [4.78, 5) is 11.8. The van der Waals surface area contributed by atoms with Gasteiger partial charge >= 0.3 is 6.09 Å². The van der Waals surface area contributed by atoms with Crippen molar-refractivity contribution in [2.75, 3.05) is 0 Å². The highest BCUT2D eigenvalue weighted by molar-refractivity contribution is 7.80. The minimum Gasteiger partial charge on any atom is -0.498 e. The lowest BCUT2D eigenvalue weighted by molar-refractivity contribution is 0.0470. The molecule has 138 valence electrons. The fraction of sp³-hybridized carbons (Fsp3) is 0.579. The van der Waals surface area contributed by atoms with Gasteiger partial charge in [0.25, 0.3) is 0 Å². The Bertz CT molecular complexity index is 631. The molecule has 1 amide bonds. The maximum absolute atomic E-state index is 11.8. The number of hydrogen-bond acceptors (Lipinski definition) is 4. The highest BCUT2D eigenvalue weighted by Gasteiger charge is 2.26. The monoisotopic (exact) mass is 365 g/mol. The summed E-state index contributed by atoms with van der Waals surface area (Å²) < 4.78 is 11.4. The van der Waals surface area contributed by atoms with E-state index in [-0.39, 0.29) is 23.3 Å². The molecule has 2 N–H and O–H groups in total. The van der Waals surface area contributed by atoms with Crippen LogP contribution in [0.15, 0.2) is 18.2 Å². The molecule has 0 saturated heterocycles. The second-order valence-electron chi connectivity index (χ2n) is 7.54. The van der Waals surface area contributed by atoms with Crippen LogP contribution in [0.3, 0.4) is 0 Å². The number of carbonyl (C=O) groups is 1. The SMILES string of the molecule is Cc1ccc(C(O)=S)c(O[C@H]2CC[C@H](NC(=O)OC(C)(C)C)CC2)c1. The number of ether oxygens (including phenoxy) is 2. The van der Waals surface area contributed by atoms with Crippen molar-refractivity contribution in [2.24, 2.45) is 0 Å². The molecule has 1 aromatic rings. The standard InChI is InChI=1S/C19H27NO4S/c1-12-5-10-15(17(21)25)16(11-12)23-14-8-6-13(7-9-14)20-18(22)24-19(2,3)4/h5,10-11,13-14H,6-9H2,1-4H3,(H,20,22)(H,21,25)/t13-,14-. The van der Waals surface area contributed by atoms with Gasteiger partial charge in [0.1, 0.15) is 11.4 Å². The van der Waals surface area contributed by atoms with Gasteiger partial charge in [-0.15, -0.1) is 0 Å². The number of aryl methyl sites for hydroxylation is 1. The molecule has 0 spiro atoms. The zero-order valence-electron chi connectivity index (χ0n) is 15.3. The molecule has 0 heterocycles. The first-order valence-electron chi connectivity index (χ1n) is 8.64. The minimum absolute atomic E-state index is 0.0478. The van der Waals surface area contributed by atoms with Gasteiger partial charge in [-0.1, -0.05) is 6.07 Å². The molecular weight excluding hydrogens is 338 g/mol. The van der Waals surface area contributed by atoms with Crippen molar-refractivity contribution in [1.29, 1.82) is 0 Å². The number of hydrogen-bond donors (Lipinski definition) is 2. The fourth-order valence-corrected chi connectivity index (χ4v) is 3.05. The van der Waals surface area contributed by atoms with Gasteiger partial charge in [-0.3, -0.25) is 0 Å². The maximum atomic E-state index is 11.8. The van der Waals surface area contributed by atoms with E-state index >= 15 is 0 Å². The van der Waals surface area contributed by atoms with Crippen LogP contribution < -0.4 is 10.1 Å². The highest BCUT2D eigenvalue weighted by atomic mass is 32.1. The van der Waals surface area contributed by atoms with E-state index < -0.39 is 5.60 Å². The average molecular weight is 365 g/mol. The normalized spacial score (nSPS) is 20.6. The predicted molar refractivity (Wildman–Crippen MR) is 102 cm³/mol. The van der Waals surface area contributed by atoms with E-state index in [1.165, 1.54) is 0 Å². The van der Waals surface area contributed by atoms with Gasteiger partial charge in [0.15, 0.2) is 5.05 Å². The van der Waals surface area contributed by atoms with Crippen molar-refractivity contribution in [3.05, 3.63) is 29.3 Å². The third-order valence-electron chi connectivity index (χ3n) is 4.06. The van der Waals surface area contributed by atoms with Crippen LogP contribution in [0.25, 0.3) is 0 Å². The Morgan fingerprint density at radius 2 is 1.88 bits per heavy atom. The van der Waals surface area contributed by atoms with Gasteiger partial charge in [0.05, 0.1) is 11.7 Å². The van der Waals surface area contributed by atoms with Gasteiger partial charge in [0.2, 0.25) is 0 Å². The van der Waals surface area contributed by atoms with Crippen LogP contribution in [0.4, 0.5) is 4.79 Å². The third-order valence-corrected chi connectivity index (χ3v) is 4.28. The summed E-state index contributed by atoms with van der Waals surface area (Å²) in [5.41, 5.74) is 1.11. The summed E-state index contributed by atoms with van der Waals surface area (Å²) in [5, 5.41) is 12.4.